The Hall–Kier alpha value is -2.17. The third-order valence-corrected chi connectivity index (χ3v) is 3.86. The second-order valence-corrected chi connectivity index (χ2v) is 5.25. The average Bonchev–Trinajstić information content (AvgIpc) is 2.48. The zero-order valence-electron chi connectivity index (χ0n) is 12.3. The van der Waals surface area contributed by atoms with Gasteiger partial charge in [-0.1, -0.05) is 24.3 Å². The number of aryl methyl sites for hydroxylation is 1. The fraction of sp³-hybridized carbons (Fsp3) is 0.438. The lowest BCUT2D eigenvalue weighted by atomic mass is 9.95. The molecule has 1 amide bonds. The summed E-state index contributed by atoms with van der Waals surface area (Å²) in [6.45, 7) is 2.36. The van der Waals surface area contributed by atoms with Crippen LogP contribution in [0.3, 0.4) is 0 Å². The fourth-order valence-corrected chi connectivity index (χ4v) is 2.51. The summed E-state index contributed by atoms with van der Waals surface area (Å²) < 4.78 is 4.60. The lowest BCUT2D eigenvalue weighted by Gasteiger charge is -2.29. The molecule has 1 saturated heterocycles. The van der Waals surface area contributed by atoms with Crippen LogP contribution in [0.1, 0.15) is 17.5 Å². The van der Waals surface area contributed by atoms with Crippen LogP contribution in [-0.4, -0.2) is 42.8 Å². The molecule has 21 heavy (non-hydrogen) atoms. The van der Waals surface area contributed by atoms with Gasteiger partial charge in [-0.3, -0.25) is 14.4 Å². The maximum atomic E-state index is 12.3. The Morgan fingerprint density at radius 3 is 2.67 bits per heavy atom. The Morgan fingerprint density at radius 2 is 2.05 bits per heavy atom. The number of methoxy groups -OCH3 is 1. The topological polar surface area (TPSA) is 63.7 Å². The number of Topliss-reactive ketones (excluding diaryl/α,β-unsaturated/α-hetero) is 1. The second kappa shape index (κ2) is 6.52. The lowest BCUT2D eigenvalue weighted by Crippen LogP contribution is -2.47. The molecule has 2 rings (SSSR count). The summed E-state index contributed by atoms with van der Waals surface area (Å²) in [5.74, 6) is -1.56. The van der Waals surface area contributed by atoms with Crippen molar-refractivity contribution in [2.45, 2.75) is 19.8 Å². The highest BCUT2D eigenvalue weighted by Gasteiger charge is 2.34. The van der Waals surface area contributed by atoms with Gasteiger partial charge < -0.3 is 9.64 Å². The average molecular weight is 289 g/mol. The molecule has 1 heterocycles. The number of esters is 1. The number of nitrogens with zero attached hydrogens (tertiary/aromatic N) is 1. The maximum absolute atomic E-state index is 12.3. The predicted octanol–water partition coefficient (Wildman–Crippen LogP) is 1.13. The summed E-state index contributed by atoms with van der Waals surface area (Å²) in [5.41, 5.74) is 2.02. The van der Waals surface area contributed by atoms with Crippen LogP contribution in [0.25, 0.3) is 0 Å². The molecule has 1 atom stereocenters. The van der Waals surface area contributed by atoms with Crippen molar-refractivity contribution in [3.63, 3.8) is 0 Å². The van der Waals surface area contributed by atoms with Crippen molar-refractivity contribution < 1.29 is 19.1 Å². The molecular weight excluding hydrogens is 270 g/mol. The summed E-state index contributed by atoms with van der Waals surface area (Å²) in [5, 5.41) is 0. The van der Waals surface area contributed by atoms with Crippen molar-refractivity contribution in [3.8, 4) is 0 Å². The van der Waals surface area contributed by atoms with Gasteiger partial charge in [-0.05, 0) is 24.5 Å². The van der Waals surface area contributed by atoms with E-state index >= 15 is 0 Å². The third-order valence-electron chi connectivity index (χ3n) is 3.86. The molecule has 0 N–H and O–H groups in total. The van der Waals surface area contributed by atoms with E-state index in [1.165, 1.54) is 12.0 Å². The number of benzene rings is 1. The Labute approximate surface area is 123 Å². The van der Waals surface area contributed by atoms with E-state index in [2.05, 4.69) is 4.74 Å². The van der Waals surface area contributed by atoms with Crippen LogP contribution in [0.2, 0.25) is 0 Å². The number of carbonyl (C=O) groups is 3. The van der Waals surface area contributed by atoms with E-state index in [0.717, 1.165) is 11.1 Å². The smallest absolute Gasteiger partial charge is 0.316 e. The minimum Gasteiger partial charge on any atom is -0.468 e. The highest BCUT2D eigenvalue weighted by molar-refractivity contribution is 6.02. The quantitative estimate of drug-likeness (QED) is 0.618. The number of carbonyl (C=O) groups excluding carboxylic acids is 3. The Morgan fingerprint density at radius 1 is 1.33 bits per heavy atom. The monoisotopic (exact) mass is 289 g/mol. The molecule has 0 bridgehead atoms. The van der Waals surface area contributed by atoms with Crippen LogP contribution in [0.15, 0.2) is 24.3 Å². The second-order valence-electron chi connectivity index (χ2n) is 5.25. The van der Waals surface area contributed by atoms with Gasteiger partial charge in [0.1, 0.15) is 5.92 Å². The molecule has 5 heteroatoms. The first-order valence-corrected chi connectivity index (χ1v) is 6.95. The van der Waals surface area contributed by atoms with E-state index in [4.69, 9.17) is 0 Å². The van der Waals surface area contributed by atoms with Gasteiger partial charge in [-0.25, -0.2) is 0 Å². The normalized spacial score (nSPS) is 18.5. The minimum absolute atomic E-state index is 0.00944. The van der Waals surface area contributed by atoms with Gasteiger partial charge in [0.15, 0.2) is 5.78 Å². The summed E-state index contributed by atoms with van der Waals surface area (Å²) in [6.07, 6.45) is 0.619. The molecule has 5 nitrogen and oxygen atoms in total. The molecular formula is C16H19NO4. The summed E-state index contributed by atoms with van der Waals surface area (Å²) in [6, 6.07) is 7.69. The van der Waals surface area contributed by atoms with Crippen molar-refractivity contribution in [2.75, 3.05) is 20.2 Å². The van der Waals surface area contributed by atoms with Crippen molar-refractivity contribution in [1.29, 1.82) is 0 Å². The van der Waals surface area contributed by atoms with Gasteiger partial charge in [0.25, 0.3) is 0 Å². The molecule has 1 aliphatic heterocycles. The summed E-state index contributed by atoms with van der Waals surface area (Å²) in [7, 11) is 1.27. The third kappa shape index (κ3) is 3.48. The van der Waals surface area contributed by atoms with Crippen LogP contribution in [0.4, 0.5) is 0 Å². The van der Waals surface area contributed by atoms with Crippen LogP contribution in [-0.2, 0) is 25.5 Å². The first-order valence-electron chi connectivity index (χ1n) is 6.95. The number of piperidine rings is 1. The van der Waals surface area contributed by atoms with Crippen molar-refractivity contribution in [1.82, 2.24) is 4.90 Å². The van der Waals surface area contributed by atoms with Crippen molar-refractivity contribution in [3.05, 3.63) is 35.4 Å². The number of amides is 1. The highest BCUT2D eigenvalue weighted by Crippen LogP contribution is 2.17. The molecule has 1 unspecified atom stereocenters. The van der Waals surface area contributed by atoms with E-state index in [1.807, 2.05) is 31.2 Å². The SMILES string of the molecule is COC(=O)C1CCN(C(=O)Cc2ccccc2C)CC1=O. The molecule has 0 aliphatic carbocycles. The maximum Gasteiger partial charge on any atom is 0.316 e. The van der Waals surface area contributed by atoms with Crippen LogP contribution < -0.4 is 0 Å². The largest absolute Gasteiger partial charge is 0.468 e. The van der Waals surface area contributed by atoms with E-state index in [0.29, 0.717) is 13.0 Å². The molecule has 0 aromatic heterocycles. The molecule has 1 aliphatic rings. The fourth-order valence-electron chi connectivity index (χ4n) is 2.51. The van der Waals surface area contributed by atoms with Crippen molar-refractivity contribution in [2.24, 2.45) is 5.92 Å². The molecule has 0 saturated carbocycles. The van der Waals surface area contributed by atoms with Crippen LogP contribution in [0.5, 0.6) is 0 Å². The molecule has 0 radical (unpaired) electrons. The van der Waals surface area contributed by atoms with Gasteiger partial charge in [0.2, 0.25) is 5.91 Å². The molecule has 0 spiro atoms. The van der Waals surface area contributed by atoms with E-state index in [-0.39, 0.29) is 24.7 Å². The number of ether oxygens (including phenoxy) is 1. The first kappa shape index (κ1) is 15.2. The Bertz CT molecular complexity index is 567. The van der Waals surface area contributed by atoms with Gasteiger partial charge in [-0.15, -0.1) is 0 Å². The van der Waals surface area contributed by atoms with E-state index in [9.17, 15) is 14.4 Å². The number of likely N-dealkylation sites (tertiary alicyclic amines) is 1. The Balaban J connectivity index is 1.98. The zero-order chi connectivity index (χ0) is 15.4. The van der Waals surface area contributed by atoms with Gasteiger partial charge >= 0.3 is 5.97 Å². The number of hydrogen-bond donors (Lipinski definition) is 0. The standard InChI is InChI=1S/C16H19NO4/c1-11-5-3-4-6-12(11)9-15(19)17-8-7-13(14(18)10-17)16(20)21-2/h3-6,13H,7-10H2,1-2H3. The van der Waals surface area contributed by atoms with Crippen LogP contribution in [0, 0.1) is 12.8 Å². The Kier molecular flexibility index (Phi) is 4.73. The predicted molar refractivity (Wildman–Crippen MR) is 76.6 cm³/mol. The number of hydrogen-bond acceptors (Lipinski definition) is 4. The highest BCUT2D eigenvalue weighted by atomic mass is 16.5. The molecule has 1 aromatic carbocycles. The summed E-state index contributed by atoms with van der Waals surface area (Å²) in [4.78, 5) is 37.2. The lowest BCUT2D eigenvalue weighted by molar-refractivity contribution is -0.154. The van der Waals surface area contributed by atoms with E-state index in [1.54, 1.807) is 0 Å². The van der Waals surface area contributed by atoms with Crippen molar-refractivity contribution >= 4 is 17.7 Å². The first-order chi connectivity index (χ1) is 10.0. The molecule has 112 valence electrons. The van der Waals surface area contributed by atoms with Crippen LogP contribution >= 0.6 is 0 Å². The number of ketones is 1. The van der Waals surface area contributed by atoms with Gasteiger partial charge in [-0.2, -0.15) is 0 Å². The number of rotatable bonds is 3. The minimum atomic E-state index is -0.725. The van der Waals surface area contributed by atoms with E-state index < -0.39 is 11.9 Å². The summed E-state index contributed by atoms with van der Waals surface area (Å²) >= 11 is 0. The molecule has 1 fully saturated rings. The zero-order valence-corrected chi connectivity index (χ0v) is 12.3. The van der Waals surface area contributed by atoms with Gasteiger partial charge in [0.05, 0.1) is 20.1 Å². The molecule has 1 aromatic rings. The van der Waals surface area contributed by atoms with Gasteiger partial charge in [0, 0.05) is 6.54 Å².